The quantitative estimate of drug-likeness (QED) is 0.648. The minimum atomic E-state index is -0.581. The molecular formula is C9H6ClN5O3. The molecule has 0 atom stereocenters. The number of amides is 1. The number of anilines is 1. The maximum absolute atomic E-state index is 11.6. The van der Waals surface area contributed by atoms with Crippen LogP contribution in [0.1, 0.15) is 10.5 Å². The van der Waals surface area contributed by atoms with Crippen molar-refractivity contribution in [2.75, 3.05) is 5.32 Å². The first-order valence-corrected chi connectivity index (χ1v) is 5.07. The second-order valence-corrected chi connectivity index (χ2v) is 3.64. The fourth-order valence-corrected chi connectivity index (χ4v) is 1.38. The van der Waals surface area contributed by atoms with E-state index >= 15 is 0 Å². The summed E-state index contributed by atoms with van der Waals surface area (Å²) in [5.74, 6) is -0.564. The molecular weight excluding hydrogens is 262 g/mol. The number of aromatic nitrogens is 3. The van der Waals surface area contributed by atoms with Crippen LogP contribution in [-0.4, -0.2) is 26.2 Å². The Balaban J connectivity index is 2.26. The van der Waals surface area contributed by atoms with Crippen LogP contribution in [0.4, 0.5) is 11.4 Å². The molecule has 9 heteroatoms. The Kier molecular flexibility index (Phi) is 3.20. The van der Waals surface area contributed by atoms with Gasteiger partial charge in [-0.2, -0.15) is 15.4 Å². The van der Waals surface area contributed by atoms with Crippen molar-refractivity contribution < 1.29 is 9.72 Å². The van der Waals surface area contributed by atoms with Gasteiger partial charge in [0.2, 0.25) is 0 Å². The number of nitro groups is 1. The molecule has 0 saturated heterocycles. The lowest BCUT2D eigenvalue weighted by Crippen LogP contribution is -2.12. The number of aromatic amines is 1. The normalized spacial score (nSPS) is 10.1. The summed E-state index contributed by atoms with van der Waals surface area (Å²) in [6, 6.07) is 3.74. The van der Waals surface area contributed by atoms with Crippen LogP contribution in [0.3, 0.4) is 0 Å². The Morgan fingerprint density at radius 3 is 2.89 bits per heavy atom. The minimum Gasteiger partial charge on any atom is -0.319 e. The zero-order valence-electron chi connectivity index (χ0n) is 8.75. The number of nitro benzene ring substituents is 1. The first kappa shape index (κ1) is 12.0. The lowest BCUT2D eigenvalue weighted by atomic mass is 10.2. The topological polar surface area (TPSA) is 114 Å². The number of carbonyl (C=O) groups excluding carboxylic acids is 1. The lowest BCUT2D eigenvalue weighted by molar-refractivity contribution is -0.384. The first-order chi connectivity index (χ1) is 8.58. The molecule has 0 bridgehead atoms. The maximum Gasteiger partial charge on any atom is 0.277 e. The van der Waals surface area contributed by atoms with Gasteiger partial charge in [-0.25, -0.2) is 0 Å². The standard InChI is InChI=1S/C9H6ClN5O3/c10-6-2-1-5(15(17)18)3-7(6)12-9(16)8-4-11-14-13-8/h1-4H,(H,12,16)(H,11,13,14). The Labute approximate surface area is 105 Å². The van der Waals surface area contributed by atoms with Crippen molar-refractivity contribution in [3.05, 3.63) is 45.2 Å². The third kappa shape index (κ3) is 2.43. The van der Waals surface area contributed by atoms with Crippen LogP contribution in [0.15, 0.2) is 24.4 Å². The first-order valence-electron chi connectivity index (χ1n) is 4.69. The molecule has 0 spiro atoms. The van der Waals surface area contributed by atoms with Gasteiger partial charge in [0.05, 0.1) is 21.8 Å². The Bertz CT molecular complexity index is 598. The highest BCUT2D eigenvalue weighted by atomic mass is 35.5. The Morgan fingerprint density at radius 1 is 1.50 bits per heavy atom. The average Bonchev–Trinajstić information content (AvgIpc) is 2.85. The van der Waals surface area contributed by atoms with E-state index in [2.05, 4.69) is 20.7 Å². The molecule has 1 amide bonds. The number of benzene rings is 1. The van der Waals surface area contributed by atoms with Gasteiger partial charge in [-0.05, 0) is 6.07 Å². The zero-order valence-corrected chi connectivity index (χ0v) is 9.51. The van der Waals surface area contributed by atoms with Crippen LogP contribution in [0.5, 0.6) is 0 Å². The molecule has 2 rings (SSSR count). The summed E-state index contributed by atoms with van der Waals surface area (Å²) >= 11 is 5.83. The molecule has 0 radical (unpaired) electrons. The number of nitrogens with one attached hydrogen (secondary N) is 2. The second kappa shape index (κ2) is 4.80. The maximum atomic E-state index is 11.6. The van der Waals surface area contributed by atoms with Crippen LogP contribution < -0.4 is 5.32 Å². The molecule has 0 aliphatic heterocycles. The molecule has 2 N–H and O–H groups in total. The molecule has 0 fully saturated rings. The number of hydrogen-bond acceptors (Lipinski definition) is 5. The molecule has 2 aromatic rings. The summed E-state index contributed by atoms with van der Waals surface area (Å²) in [6.45, 7) is 0. The number of rotatable bonds is 3. The van der Waals surface area contributed by atoms with Crippen LogP contribution in [0, 0.1) is 10.1 Å². The van der Waals surface area contributed by atoms with Crippen molar-refractivity contribution in [3.8, 4) is 0 Å². The number of halogens is 1. The van der Waals surface area contributed by atoms with Gasteiger partial charge in [0.15, 0.2) is 5.69 Å². The van der Waals surface area contributed by atoms with Crippen LogP contribution >= 0.6 is 11.6 Å². The molecule has 8 nitrogen and oxygen atoms in total. The summed E-state index contributed by atoms with van der Waals surface area (Å²) in [6.07, 6.45) is 1.22. The van der Waals surface area contributed by atoms with E-state index in [1.165, 1.54) is 24.4 Å². The van der Waals surface area contributed by atoms with Gasteiger partial charge in [0, 0.05) is 12.1 Å². The van der Waals surface area contributed by atoms with E-state index in [0.717, 1.165) is 0 Å². The van der Waals surface area contributed by atoms with Crippen molar-refractivity contribution in [2.24, 2.45) is 0 Å². The highest BCUT2D eigenvalue weighted by molar-refractivity contribution is 6.34. The highest BCUT2D eigenvalue weighted by Crippen LogP contribution is 2.26. The minimum absolute atomic E-state index is 0.0533. The van der Waals surface area contributed by atoms with Gasteiger partial charge >= 0.3 is 0 Å². The van der Waals surface area contributed by atoms with Crippen LogP contribution in [0.2, 0.25) is 5.02 Å². The molecule has 0 unspecified atom stereocenters. The summed E-state index contributed by atoms with van der Waals surface area (Å²) in [5.41, 5.74) is 0.0197. The van der Waals surface area contributed by atoms with Gasteiger partial charge in [-0.1, -0.05) is 11.6 Å². The smallest absolute Gasteiger partial charge is 0.277 e. The van der Waals surface area contributed by atoms with E-state index in [-0.39, 0.29) is 22.1 Å². The van der Waals surface area contributed by atoms with Gasteiger partial charge in [-0.15, -0.1) is 0 Å². The Morgan fingerprint density at radius 2 is 2.28 bits per heavy atom. The van der Waals surface area contributed by atoms with E-state index in [0.29, 0.717) is 0 Å². The Hall–Kier alpha value is -2.48. The second-order valence-electron chi connectivity index (χ2n) is 3.23. The van der Waals surface area contributed by atoms with Gasteiger partial charge < -0.3 is 5.32 Å². The SMILES string of the molecule is O=C(Nc1cc([N+](=O)[O-])ccc1Cl)c1cn[nH]n1. The summed E-state index contributed by atoms with van der Waals surface area (Å²) in [4.78, 5) is 21.7. The fourth-order valence-electron chi connectivity index (χ4n) is 1.22. The van der Waals surface area contributed by atoms with Crippen molar-refractivity contribution in [2.45, 2.75) is 0 Å². The predicted octanol–water partition coefficient (Wildman–Crippen LogP) is 1.62. The van der Waals surface area contributed by atoms with Crippen LogP contribution in [0.25, 0.3) is 0 Å². The van der Waals surface area contributed by atoms with E-state index in [4.69, 9.17) is 11.6 Å². The van der Waals surface area contributed by atoms with Gasteiger partial charge in [0.25, 0.3) is 11.6 Å². The number of H-pyrrole nitrogens is 1. The van der Waals surface area contributed by atoms with Crippen molar-refractivity contribution >= 4 is 28.9 Å². The van der Waals surface area contributed by atoms with Crippen molar-refractivity contribution in [3.63, 3.8) is 0 Å². The highest BCUT2D eigenvalue weighted by Gasteiger charge is 2.14. The molecule has 0 aliphatic carbocycles. The molecule has 18 heavy (non-hydrogen) atoms. The summed E-state index contributed by atoms with van der Waals surface area (Å²) in [5, 5.41) is 22.5. The zero-order chi connectivity index (χ0) is 13.1. The fraction of sp³-hybridized carbons (Fsp3) is 0. The third-order valence-electron chi connectivity index (χ3n) is 2.06. The molecule has 0 aliphatic rings. The molecule has 1 heterocycles. The number of hydrogen-bond donors (Lipinski definition) is 2. The number of carbonyl (C=O) groups is 1. The summed E-state index contributed by atoms with van der Waals surface area (Å²) in [7, 11) is 0. The van der Waals surface area contributed by atoms with Gasteiger partial charge in [0.1, 0.15) is 0 Å². The molecule has 92 valence electrons. The third-order valence-corrected chi connectivity index (χ3v) is 2.39. The summed E-state index contributed by atoms with van der Waals surface area (Å²) < 4.78 is 0. The van der Waals surface area contributed by atoms with Crippen molar-refractivity contribution in [1.82, 2.24) is 15.4 Å². The lowest BCUT2D eigenvalue weighted by Gasteiger charge is -2.04. The number of nitrogens with zero attached hydrogens (tertiary/aromatic N) is 3. The largest absolute Gasteiger partial charge is 0.319 e. The molecule has 1 aromatic carbocycles. The predicted molar refractivity (Wildman–Crippen MR) is 62.4 cm³/mol. The molecule has 1 aromatic heterocycles. The van der Waals surface area contributed by atoms with E-state index < -0.39 is 10.8 Å². The van der Waals surface area contributed by atoms with E-state index in [1.807, 2.05) is 0 Å². The van der Waals surface area contributed by atoms with Gasteiger partial charge in [-0.3, -0.25) is 14.9 Å². The van der Waals surface area contributed by atoms with Crippen molar-refractivity contribution in [1.29, 1.82) is 0 Å². The molecule has 0 saturated carbocycles. The monoisotopic (exact) mass is 267 g/mol. The van der Waals surface area contributed by atoms with E-state index in [9.17, 15) is 14.9 Å². The average molecular weight is 268 g/mol. The number of non-ortho nitro benzene ring substituents is 1. The van der Waals surface area contributed by atoms with E-state index in [1.54, 1.807) is 0 Å². The van der Waals surface area contributed by atoms with Crippen LogP contribution in [-0.2, 0) is 0 Å².